The minimum absolute atomic E-state index is 0.191. The lowest BCUT2D eigenvalue weighted by atomic mass is 9.94. The van der Waals surface area contributed by atoms with Crippen LogP contribution in [-0.4, -0.2) is 47.8 Å². The number of nitrogens with zero attached hydrogens (tertiary/aromatic N) is 2. The highest BCUT2D eigenvalue weighted by molar-refractivity contribution is 6.25. The van der Waals surface area contributed by atoms with Gasteiger partial charge in [0, 0.05) is 36.1 Å². The van der Waals surface area contributed by atoms with Gasteiger partial charge in [-0.3, -0.25) is 19.4 Å². The Hall–Kier alpha value is -3.31. The van der Waals surface area contributed by atoms with Crippen molar-refractivity contribution in [3.8, 4) is 0 Å². The fraction of sp³-hybridized carbons (Fsp3) is 0.259. The molecule has 0 aliphatic carbocycles. The van der Waals surface area contributed by atoms with Gasteiger partial charge < -0.3 is 0 Å². The molecule has 2 aliphatic rings. The van der Waals surface area contributed by atoms with Crippen LogP contribution in [0.15, 0.2) is 66.7 Å². The van der Waals surface area contributed by atoms with Gasteiger partial charge in [0.2, 0.25) is 0 Å². The van der Waals surface area contributed by atoms with Gasteiger partial charge in [0.1, 0.15) is 5.82 Å². The van der Waals surface area contributed by atoms with Crippen molar-refractivity contribution >= 4 is 28.2 Å². The number of carbonyl (C=O) groups is 2. The average molecular weight is 429 g/mol. The Morgan fingerprint density at radius 2 is 1.47 bits per heavy atom. The Balaban J connectivity index is 1.16. The summed E-state index contributed by atoms with van der Waals surface area (Å²) in [5.74, 6) is -0.592. The van der Waals surface area contributed by atoms with Crippen LogP contribution < -0.4 is 0 Å². The van der Waals surface area contributed by atoms with Crippen LogP contribution in [0.2, 0.25) is 0 Å². The Morgan fingerprint density at radius 1 is 0.812 bits per heavy atom. The normalized spacial score (nSPS) is 16.5. The molecular formula is C27H25FN2O2. The second-order valence-electron chi connectivity index (χ2n) is 8.47. The number of benzene rings is 3. The van der Waals surface area contributed by atoms with E-state index in [2.05, 4.69) is 11.0 Å². The molecule has 162 valence electrons. The third-order valence-electron chi connectivity index (χ3n) is 6.47. The van der Waals surface area contributed by atoms with E-state index in [9.17, 15) is 14.0 Å². The van der Waals surface area contributed by atoms with E-state index in [1.54, 1.807) is 0 Å². The van der Waals surface area contributed by atoms with Gasteiger partial charge in [0.25, 0.3) is 11.8 Å². The topological polar surface area (TPSA) is 40.6 Å². The largest absolute Gasteiger partial charge is 0.299 e. The van der Waals surface area contributed by atoms with Gasteiger partial charge in [-0.1, -0.05) is 42.5 Å². The first-order valence-electron chi connectivity index (χ1n) is 11.2. The van der Waals surface area contributed by atoms with E-state index < -0.39 is 0 Å². The van der Waals surface area contributed by atoms with Crippen molar-refractivity contribution in [1.29, 1.82) is 0 Å². The van der Waals surface area contributed by atoms with Crippen molar-refractivity contribution in [2.45, 2.75) is 19.3 Å². The monoisotopic (exact) mass is 428 g/mol. The van der Waals surface area contributed by atoms with Crippen LogP contribution in [0, 0.1) is 5.82 Å². The summed E-state index contributed by atoms with van der Waals surface area (Å²) < 4.78 is 13.1. The quantitative estimate of drug-likeness (QED) is 0.403. The second-order valence-corrected chi connectivity index (χ2v) is 8.47. The van der Waals surface area contributed by atoms with E-state index >= 15 is 0 Å². The number of amides is 2. The summed E-state index contributed by atoms with van der Waals surface area (Å²) in [6.07, 6.45) is 4.85. The molecule has 0 fully saturated rings. The van der Waals surface area contributed by atoms with Gasteiger partial charge in [-0.2, -0.15) is 0 Å². The molecular weight excluding hydrogens is 403 g/mol. The maximum Gasteiger partial charge on any atom is 0.261 e. The van der Waals surface area contributed by atoms with E-state index in [1.165, 1.54) is 22.6 Å². The van der Waals surface area contributed by atoms with Gasteiger partial charge >= 0.3 is 0 Å². The third kappa shape index (κ3) is 3.84. The summed E-state index contributed by atoms with van der Waals surface area (Å²) >= 11 is 0. The Morgan fingerprint density at radius 3 is 2.09 bits per heavy atom. The second kappa shape index (κ2) is 8.67. The molecule has 0 bridgehead atoms. The highest BCUT2D eigenvalue weighted by Crippen LogP contribution is 2.30. The number of hydrogen-bond acceptors (Lipinski definition) is 3. The lowest BCUT2D eigenvalue weighted by Gasteiger charge is -2.28. The molecule has 2 heterocycles. The predicted molar refractivity (Wildman–Crippen MR) is 124 cm³/mol. The van der Waals surface area contributed by atoms with E-state index in [0.29, 0.717) is 17.7 Å². The summed E-state index contributed by atoms with van der Waals surface area (Å²) in [7, 11) is 0. The number of carbonyl (C=O) groups excluding carboxylic acids is 2. The van der Waals surface area contributed by atoms with Crippen molar-refractivity contribution in [2.75, 3.05) is 26.2 Å². The van der Waals surface area contributed by atoms with E-state index in [4.69, 9.17) is 0 Å². The van der Waals surface area contributed by atoms with E-state index in [0.717, 1.165) is 55.2 Å². The first-order valence-corrected chi connectivity index (χ1v) is 11.2. The SMILES string of the molecule is O=C1c2cccc3cccc(c23)C(=O)N1CCCCN1CC=C(c2ccc(F)cc2)CC1. The Bertz CT molecular complexity index is 1170. The van der Waals surface area contributed by atoms with E-state index in [1.807, 2.05) is 48.5 Å². The molecule has 0 saturated carbocycles. The summed E-state index contributed by atoms with van der Waals surface area (Å²) in [5, 5.41) is 1.71. The van der Waals surface area contributed by atoms with Crippen LogP contribution >= 0.6 is 0 Å². The fourth-order valence-electron chi connectivity index (χ4n) is 4.73. The highest BCUT2D eigenvalue weighted by atomic mass is 19.1. The zero-order chi connectivity index (χ0) is 22.1. The van der Waals surface area contributed by atoms with Gasteiger partial charge in [-0.25, -0.2) is 4.39 Å². The molecule has 0 unspecified atom stereocenters. The minimum atomic E-state index is -0.211. The molecule has 0 N–H and O–H groups in total. The number of imide groups is 1. The molecule has 0 atom stereocenters. The van der Waals surface area contributed by atoms with Gasteiger partial charge in [0.15, 0.2) is 0 Å². The summed E-state index contributed by atoms with van der Waals surface area (Å²) in [6.45, 7) is 3.19. The Kier molecular flexibility index (Phi) is 5.58. The molecule has 2 aliphatic heterocycles. The fourth-order valence-corrected chi connectivity index (χ4v) is 4.73. The van der Waals surface area contributed by atoms with E-state index in [-0.39, 0.29) is 17.6 Å². The highest BCUT2D eigenvalue weighted by Gasteiger charge is 2.32. The molecule has 0 spiro atoms. The summed E-state index contributed by atoms with van der Waals surface area (Å²) in [4.78, 5) is 29.7. The number of hydrogen-bond donors (Lipinski definition) is 0. The summed E-state index contributed by atoms with van der Waals surface area (Å²) in [5.41, 5.74) is 3.58. The van der Waals surface area contributed by atoms with Gasteiger partial charge in [0.05, 0.1) is 0 Å². The van der Waals surface area contributed by atoms with Crippen LogP contribution in [0.5, 0.6) is 0 Å². The zero-order valence-electron chi connectivity index (χ0n) is 17.9. The summed E-state index contributed by atoms with van der Waals surface area (Å²) in [6, 6.07) is 17.9. The number of rotatable bonds is 6. The van der Waals surface area contributed by atoms with Crippen molar-refractivity contribution in [3.63, 3.8) is 0 Å². The van der Waals surface area contributed by atoms with Crippen molar-refractivity contribution in [1.82, 2.24) is 9.80 Å². The van der Waals surface area contributed by atoms with Crippen LogP contribution in [0.1, 0.15) is 45.5 Å². The average Bonchev–Trinajstić information content (AvgIpc) is 2.83. The molecule has 0 radical (unpaired) electrons. The maximum atomic E-state index is 13.1. The lowest BCUT2D eigenvalue weighted by molar-refractivity contribution is 0.0606. The molecule has 32 heavy (non-hydrogen) atoms. The first kappa shape index (κ1) is 20.6. The minimum Gasteiger partial charge on any atom is -0.299 e. The first-order chi connectivity index (χ1) is 15.6. The number of halogens is 1. The third-order valence-corrected chi connectivity index (χ3v) is 6.47. The van der Waals surface area contributed by atoms with Crippen LogP contribution in [0.3, 0.4) is 0 Å². The molecule has 0 aromatic heterocycles. The van der Waals surface area contributed by atoms with Crippen molar-refractivity contribution < 1.29 is 14.0 Å². The predicted octanol–water partition coefficient (Wildman–Crippen LogP) is 5.14. The molecule has 4 nitrogen and oxygen atoms in total. The molecule has 5 heteroatoms. The van der Waals surface area contributed by atoms with Crippen molar-refractivity contribution in [3.05, 3.63) is 89.2 Å². The van der Waals surface area contributed by atoms with Crippen molar-refractivity contribution in [2.24, 2.45) is 0 Å². The zero-order valence-corrected chi connectivity index (χ0v) is 17.9. The van der Waals surface area contributed by atoms with Gasteiger partial charge in [-0.15, -0.1) is 0 Å². The molecule has 3 aromatic rings. The van der Waals surface area contributed by atoms with Gasteiger partial charge in [-0.05, 0) is 66.6 Å². The lowest BCUT2D eigenvalue weighted by Crippen LogP contribution is -2.41. The maximum absolute atomic E-state index is 13.1. The van der Waals surface area contributed by atoms with Crippen LogP contribution in [0.25, 0.3) is 16.3 Å². The van der Waals surface area contributed by atoms with Crippen LogP contribution in [0.4, 0.5) is 4.39 Å². The number of unbranched alkanes of at least 4 members (excludes halogenated alkanes) is 1. The molecule has 5 rings (SSSR count). The standard InChI is InChI=1S/C27H25FN2O2/c28-22-11-9-19(10-12-22)20-13-17-29(18-14-20)15-1-2-16-30-26(31)23-7-3-5-21-6-4-8-24(25(21)23)27(30)32/h3-13H,1-2,14-18H2. The Labute approximate surface area is 186 Å². The molecule has 2 amide bonds. The molecule has 0 saturated heterocycles. The molecule has 3 aromatic carbocycles. The smallest absolute Gasteiger partial charge is 0.261 e. The van der Waals surface area contributed by atoms with Crippen LogP contribution in [-0.2, 0) is 0 Å².